The third-order valence-corrected chi connectivity index (χ3v) is 4.07. The first-order valence-corrected chi connectivity index (χ1v) is 8.48. The molecule has 0 aromatic heterocycles. The Morgan fingerprint density at radius 3 is 2.62 bits per heavy atom. The van der Waals surface area contributed by atoms with E-state index in [1.807, 2.05) is 31.3 Å². The lowest BCUT2D eigenvalue weighted by molar-refractivity contribution is 0.298. The maximum Gasteiger partial charge on any atom is 0.176 e. The zero-order chi connectivity index (χ0) is 17.5. The van der Waals surface area contributed by atoms with Crippen molar-refractivity contribution in [3.63, 3.8) is 0 Å². The van der Waals surface area contributed by atoms with E-state index >= 15 is 0 Å². The molecule has 4 heteroatoms. The van der Waals surface area contributed by atoms with Crippen LogP contribution in [0, 0.1) is 26.2 Å². The van der Waals surface area contributed by atoms with Crippen LogP contribution in [-0.4, -0.2) is 19.4 Å². The van der Waals surface area contributed by atoms with E-state index in [9.17, 15) is 0 Å². The first kappa shape index (κ1) is 18.1. The minimum Gasteiger partial charge on any atom is -0.490 e. The van der Waals surface area contributed by atoms with E-state index in [4.69, 9.17) is 15.9 Å². The molecule has 0 bridgehead atoms. The SMILES string of the molecule is C#CCOc1c(Br)cc(C=Nc2ccc(C)c(C)c2)cc1OCC. The van der Waals surface area contributed by atoms with E-state index in [1.54, 1.807) is 0 Å². The Bertz CT molecular complexity index is 791. The Kier molecular flexibility index (Phi) is 6.45. The van der Waals surface area contributed by atoms with Gasteiger partial charge in [-0.05, 0) is 77.7 Å². The van der Waals surface area contributed by atoms with Crippen LogP contribution in [-0.2, 0) is 0 Å². The van der Waals surface area contributed by atoms with Crippen molar-refractivity contribution in [1.29, 1.82) is 0 Å². The van der Waals surface area contributed by atoms with Crippen LogP contribution in [0.25, 0.3) is 0 Å². The van der Waals surface area contributed by atoms with Crippen LogP contribution in [0.5, 0.6) is 11.5 Å². The van der Waals surface area contributed by atoms with Crippen molar-refractivity contribution in [2.45, 2.75) is 20.8 Å². The second-order valence-corrected chi connectivity index (χ2v) is 6.14. The maximum atomic E-state index is 5.66. The number of terminal acetylenes is 1. The van der Waals surface area contributed by atoms with Crippen LogP contribution in [0.3, 0.4) is 0 Å². The molecule has 0 saturated heterocycles. The van der Waals surface area contributed by atoms with Crippen LogP contribution < -0.4 is 9.47 Å². The first-order valence-electron chi connectivity index (χ1n) is 7.69. The molecular weight excluding hydrogens is 366 g/mol. The second kappa shape index (κ2) is 8.56. The van der Waals surface area contributed by atoms with Crippen LogP contribution in [0.1, 0.15) is 23.6 Å². The molecule has 0 spiro atoms. The second-order valence-electron chi connectivity index (χ2n) is 5.28. The molecule has 0 fully saturated rings. The monoisotopic (exact) mass is 385 g/mol. The van der Waals surface area contributed by atoms with Gasteiger partial charge in [0.1, 0.15) is 6.61 Å². The summed E-state index contributed by atoms with van der Waals surface area (Å²) in [6, 6.07) is 9.96. The Balaban J connectivity index is 2.31. The highest BCUT2D eigenvalue weighted by Crippen LogP contribution is 2.36. The normalized spacial score (nSPS) is 10.6. The first-order chi connectivity index (χ1) is 11.5. The summed E-state index contributed by atoms with van der Waals surface area (Å²) in [7, 11) is 0. The van der Waals surface area contributed by atoms with Gasteiger partial charge in [-0.15, -0.1) is 6.42 Å². The highest BCUT2D eigenvalue weighted by Gasteiger charge is 2.11. The van der Waals surface area contributed by atoms with Crippen LogP contribution in [0.2, 0.25) is 0 Å². The largest absolute Gasteiger partial charge is 0.490 e. The number of aryl methyl sites for hydroxylation is 2. The summed E-state index contributed by atoms with van der Waals surface area (Å²) in [6.45, 7) is 6.82. The molecule has 2 aromatic carbocycles. The quantitative estimate of drug-likeness (QED) is 0.503. The zero-order valence-electron chi connectivity index (χ0n) is 14.1. The predicted octanol–water partition coefficient (Wildman–Crippen LogP) is 5.23. The number of hydrogen-bond acceptors (Lipinski definition) is 3. The predicted molar refractivity (Wildman–Crippen MR) is 103 cm³/mol. The van der Waals surface area contributed by atoms with Crippen molar-refractivity contribution in [1.82, 2.24) is 0 Å². The van der Waals surface area contributed by atoms with Crippen LogP contribution in [0.15, 0.2) is 39.8 Å². The number of nitrogens with zero attached hydrogens (tertiary/aromatic N) is 1. The van der Waals surface area contributed by atoms with Gasteiger partial charge in [-0.3, -0.25) is 4.99 Å². The van der Waals surface area contributed by atoms with E-state index in [1.165, 1.54) is 11.1 Å². The van der Waals surface area contributed by atoms with Crippen LogP contribution >= 0.6 is 15.9 Å². The Labute approximate surface area is 151 Å². The molecule has 0 saturated carbocycles. The number of rotatable bonds is 6. The Morgan fingerprint density at radius 1 is 1.17 bits per heavy atom. The van der Waals surface area contributed by atoms with Gasteiger partial charge in [0.05, 0.1) is 16.8 Å². The number of ether oxygens (including phenoxy) is 2. The average molecular weight is 386 g/mol. The fourth-order valence-electron chi connectivity index (χ4n) is 2.13. The molecule has 0 N–H and O–H groups in total. The van der Waals surface area contributed by atoms with Gasteiger partial charge in [0.25, 0.3) is 0 Å². The fourth-order valence-corrected chi connectivity index (χ4v) is 2.71. The summed E-state index contributed by atoms with van der Waals surface area (Å²) in [6.07, 6.45) is 7.07. The van der Waals surface area contributed by atoms with Gasteiger partial charge >= 0.3 is 0 Å². The van der Waals surface area contributed by atoms with Gasteiger partial charge in [0.15, 0.2) is 11.5 Å². The lowest BCUT2D eigenvalue weighted by Crippen LogP contribution is -2.01. The van der Waals surface area contributed by atoms with Crippen molar-refractivity contribution < 1.29 is 9.47 Å². The summed E-state index contributed by atoms with van der Waals surface area (Å²) in [5, 5.41) is 0. The number of hydrogen-bond donors (Lipinski definition) is 0. The summed E-state index contributed by atoms with van der Waals surface area (Å²) < 4.78 is 12.0. The molecule has 124 valence electrons. The fraction of sp³-hybridized carbons (Fsp3) is 0.250. The van der Waals surface area contributed by atoms with E-state index in [2.05, 4.69) is 52.8 Å². The Morgan fingerprint density at radius 2 is 1.96 bits per heavy atom. The minimum atomic E-state index is 0.189. The van der Waals surface area contributed by atoms with Crippen molar-refractivity contribution >= 4 is 27.8 Å². The number of aliphatic imine (C=N–C) groups is 1. The third-order valence-electron chi connectivity index (χ3n) is 3.48. The van der Waals surface area contributed by atoms with Gasteiger partial charge in [-0.2, -0.15) is 0 Å². The molecule has 0 aliphatic heterocycles. The molecule has 3 nitrogen and oxygen atoms in total. The van der Waals surface area contributed by atoms with Gasteiger partial charge in [0, 0.05) is 6.21 Å². The van der Waals surface area contributed by atoms with E-state index < -0.39 is 0 Å². The van der Waals surface area contributed by atoms with Crippen LogP contribution in [0.4, 0.5) is 5.69 Å². The molecule has 0 heterocycles. The molecule has 0 unspecified atom stereocenters. The molecule has 0 atom stereocenters. The van der Waals surface area contributed by atoms with Crippen molar-refractivity contribution in [3.05, 3.63) is 51.5 Å². The standard InChI is InChI=1S/C20H20BrNO2/c1-5-9-24-20-18(21)11-16(12-19(20)23-6-2)13-22-17-8-7-14(3)15(4)10-17/h1,7-8,10-13H,6,9H2,2-4H3. The maximum absolute atomic E-state index is 5.66. The smallest absolute Gasteiger partial charge is 0.176 e. The lowest BCUT2D eigenvalue weighted by atomic mass is 10.1. The topological polar surface area (TPSA) is 30.8 Å². The number of halogens is 1. The lowest BCUT2D eigenvalue weighted by Gasteiger charge is -2.13. The minimum absolute atomic E-state index is 0.189. The Hall–Kier alpha value is -2.25. The summed E-state index contributed by atoms with van der Waals surface area (Å²) in [5.74, 6) is 3.71. The van der Waals surface area contributed by atoms with E-state index in [-0.39, 0.29) is 6.61 Å². The molecular formula is C20H20BrNO2. The highest BCUT2D eigenvalue weighted by atomic mass is 79.9. The molecule has 0 aliphatic carbocycles. The van der Waals surface area contributed by atoms with Gasteiger partial charge in [0.2, 0.25) is 0 Å². The summed E-state index contributed by atoms with van der Waals surface area (Å²) >= 11 is 3.51. The molecule has 24 heavy (non-hydrogen) atoms. The third kappa shape index (κ3) is 4.62. The highest BCUT2D eigenvalue weighted by molar-refractivity contribution is 9.10. The average Bonchev–Trinajstić information content (AvgIpc) is 2.55. The van der Waals surface area contributed by atoms with Crippen molar-refractivity contribution in [3.8, 4) is 23.8 Å². The summed E-state index contributed by atoms with van der Waals surface area (Å²) in [5.41, 5.74) is 4.31. The zero-order valence-corrected chi connectivity index (χ0v) is 15.7. The van der Waals surface area contributed by atoms with Gasteiger partial charge in [-0.25, -0.2) is 0 Å². The molecule has 0 amide bonds. The van der Waals surface area contributed by atoms with Gasteiger partial charge in [-0.1, -0.05) is 12.0 Å². The van der Waals surface area contributed by atoms with E-state index in [0.29, 0.717) is 18.1 Å². The molecule has 2 rings (SSSR count). The molecule has 0 radical (unpaired) electrons. The van der Waals surface area contributed by atoms with Crippen molar-refractivity contribution in [2.24, 2.45) is 4.99 Å². The summed E-state index contributed by atoms with van der Waals surface area (Å²) in [4.78, 5) is 4.54. The van der Waals surface area contributed by atoms with E-state index in [0.717, 1.165) is 15.7 Å². The number of benzene rings is 2. The molecule has 2 aromatic rings. The van der Waals surface area contributed by atoms with Crippen molar-refractivity contribution in [2.75, 3.05) is 13.2 Å². The van der Waals surface area contributed by atoms with Gasteiger partial charge < -0.3 is 9.47 Å². The molecule has 0 aliphatic rings.